The fourth-order valence-electron chi connectivity index (χ4n) is 2.10. The molecule has 0 saturated heterocycles. The summed E-state index contributed by atoms with van der Waals surface area (Å²) in [5, 5.41) is 14.3. The number of benzene rings is 2. The first kappa shape index (κ1) is 14.7. The maximum Gasteiger partial charge on any atom is 0.262 e. The second-order valence-electron chi connectivity index (χ2n) is 4.85. The van der Waals surface area contributed by atoms with Crippen LogP contribution in [-0.4, -0.2) is 30.1 Å². The Labute approximate surface area is 131 Å². The molecule has 2 aromatic rings. The van der Waals surface area contributed by atoms with Crippen molar-refractivity contribution in [3.63, 3.8) is 0 Å². The third-order valence-corrected chi connectivity index (χ3v) is 3.12. The van der Waals surface area contributed by atoms with E-state index in [4.69, 9.17) is 14.6 Å². The molecule has 0 spiro atoms. The Morgan fingerprint density at radius 1 is 0.826 bits per heavy atom. The highest BCUT2D eigenvalue weighted by atomic mass is 16.5. The van der Waals surface area contributed by atoms with Gasteiger partial charge in [0.05, 0.1) is 11.4 Å². The van der Waals surface area contributed by atoms with Crippen LogP contribution >= 0.6 is 0 Å². The Bertz CT molecular complexity index is 760. The van der Waals surface area contributed by atoms with Crippen LogP contribution in [0.1, 0.15) is 0 Å². The largest absolute Gasteiger partial charge is 0.508 e. The van der Waals surface area contributed by atoms with Crippen molar-refractivity contribution in [3.05, 3.63) is 42.5 Å². The first-order valence-electron chi connectivity index (χ1n) is 6.89. The zero-order valence-corrected chi connectivity index (χ0v) is 12.0. The molecule has 0 saturated carbocycles. The lowest BCUT2D eigenvalue weighted by atomic mass is 10.2. The second-order valence-corrected chi connectivity index (χ2v) is 4.85. The molecule has 0 fully saturated rings. The van der Waals surface area contributed by atoms with Gasteiger partial charge in [-0.1, -0.05) is 12.1 Å². The van der Waals surface area contributed by atoms with E-state index in [9.17, 15) is 9.59 Å². The van der Waals surface area contributed by atoms with E-state index >= 15 is 0 Å². The second kappa shape index (κ2) is 6.27. The summed E-state index contributed by atoms with van der Waals surface area (Å²) in [6.45, 7) is 0.161. The molecular weight excluding hydrogens is 300 g/mol. The quantitative estimate of drug-likeness (QED) is 0.688. The van der Waals surface area contributed by atoms with Crippen LogP contribution in [0.15, 0.2) is 42.5 Å². The van der Waals surface area contributed by atoms with Gasteiger partial charge in [-0.25, -0.2) is 0 Å². The number of nitrogens with one attached hydrogen (secondary N) is 2. The molecule has 2 aliphatic heterocycles. The molecule has 2 aromatic carbocycles. The Kier molecular flexibility index (Phi) is 4.01. The van der Waals surface area contributed by atoms with Gasteiger partial charge in [-0.15, -0.1) is 0 Å². The van der Waals surface area contributed by atoms with Crippen molar-refractivity contribution < 1.29 is 24.2 Å². The Balaban J connectivity index is 0.000000136. The molecule has 4 rings (SSSR count). The van der Waals surface area contributed by atoms with Gasteiger partial charge < -0.3 is 25.2 Å². The average molecular weight is 314 g/mol. The predicted molar refractivity (Wildman–Crippen MR) is 82.8 cm³/mol. The summed E-state index contributed by atoms with van der Waals surface area (Å²) in [4.78, 5) is 21.6. The molecule has 7 nitrogen and oxygen atoms in total. The van der Waals surface area contributed by atoms with E-state index < -0.39 is 0 Å². The predicted octanol–water partition coefficient (Wildman–Crippen LogP) is 1.74. The van der Waals surface area contributed by atoms with Crippen LogP contribution in [0.3, 0.4) is 0 Å². The zero-order valence-electron chi connectivity index (χ0n) is 12.0. The van der Waals surface area contributed by atoms with Gasteiger partial charge in [0, 0.05) is 6.07 Å². The standard InChI is InChI=1S/C8H7NO3.C8H7NO2/c10-5-1-2-7-6(3-5)9-8(11)4-12-7;10-8-5-11-7-4-2-1-3-6(7)9-8/h1-3,10H,4H2,(H,9,11);1-4H,5H2,(H,9,10). The van der Waals surface area contributed by atoms with Gasteiger partial charge in [-0.05, 0) is 24.3 Å². The lowest BCUT2D eigenvalue weighted by Gasteiger charge is -2.17. The first-order chi connectivity index (χ1) is 11.1. The summed E-state index contributed by atoms with van der Waals surface area (Å²) in [5.74, 6) is 1.15. The fraction of sp³-hybridized carbons (Fsp3) is 0.125. The van der Waals surface area contributed by atoms with Gasteiger partial charge in [-0.2, -0.15) is 0 Å². The minimum Gasteiger partial charge on any atom is -0.508 e. The summed E-state index contributed by atoms with van der Waals surface area (Å²) in [5.41, 5.74) is 1.27. The molecule has 7 heteroatoms. The van der Waals surface area contributed by atoms with Crippen molar-refractivity contribution in [2.24, 2.45) is 0 Å². The van der Waals surface area contributed by atoms with Crippen molar-refractivity contribution in [2.75, 3.05) is 23.8 Å². The molecule has 2 amide bonds. The van der Waals surface area contributed by atoms with Crippen molar-refractivity contribution in [3.8, 4) is 17.2 Å². The van der Waals surface area contributed by atoms with E-state index in [0.717, 1.165) is 11.4 Å². The van der Waals surface area contributed by atoms with E-state index in [1.807, 2.05) is 24.3 Å². The average Bonchev–Trinajstić information content (AvgIpc) is 2.55. The molecule has 0 aromatic heterocycles. The van der Waals surface area contributed by atoms with Crippen LogP contribution in [0.4, 0.5) is 11.4 Å². The summed E-state index contributed by atoms with van der Waals surface area (Å²) >= 11 is 0. The maximum absolute atomic E-state index is 10.8. The lowest BCUT2D eigenvalue weighted by molar-refractivity contribution is -0.119. The minimum absolute atomic E-state index is 0.0395. The highest BCUT2D eigenvalue weighted by Crippen LogP contribution is 2.30. The number of carbonyl (C=O) groups is 2. The minimum atomic E-state index is -0.201. The third-order valence-electron chi connectivity index (χ3n) is 3.12. The number of hydrogen-bond donors (Lipinski definition) is 3. The van der Waals surface area contributed by atoms with E-state index in [1.54, 1.807) is 6.07 Å². The van der Waals surface area contributed by atoms with E-state index in [2.05, 4.69) is 10.6 Å². The Morgan fingerprint density at radius 2 is 1.43 bits per heavy atom. The molecular formula is C16H14N2O5. The number of para-hydroxylation sites is 2. The molecule has 0 aliphatic carbocycles. The van der Waals surface area contributed by atoms with Crippen molar-refractivity contribution in [1.29, 1.82) is 0 Å². The SMILES string of the molecule is O=C1COc2ccc(O)cc2N1.O=C1COc2ccccc2N1. The topological polar surface area (TPSA) is 96.9 Å². The molecule has 0 atom stereocenters. The van der Waals surface area contributed by atoms with Crippen molar-refractivity contribution in [1.82, 2.24) is 0 Å². The summed E-state index contributed by atoms with van der Waals surface area (Å²) in [6, 6.07) is 11.9. The molecule has 2 aliphatic rings. The number of phenols is 1. The highest BCUT2D eigenvalue weighted by Gasteiger charge is 2.15. The van der Waals surface area contributed by atoms with Gasteiger partial charge in [0.15, 0.2) is 13.2 Å². The molecule has 3 N–H and O–H groups in total. The summed E-state index contributed by atoms with van der Waals surface area (Å²) < 4.78 is 10.2. The number of anilines is 2. The normalized spacial score (nSPS) is 14.6. The smallest absolute Gasteiger partial charge is 0.262 e. The van der Waals surface area contributed by atoms with Crippen LogP contribution in [0.25, 0.3) is 0 Å². The number of carbonyl (C=O) groups excluding carboxylic acids is 2. The number of fused-ring (bicyclic) bond motifs is 2. The van der Waals surface area contributed by atoms with Gasteiger partial charge in [-0.3, -0.25) is 9.59 Å². The number of amides is 2. The number of hydrogen-bond acceptors (Lipinski definition) is 5. The van der Waals surface area contributed by atoms with E-state index in [0.29, 0.717) is 11.4 Å². The molecule has 0 bridgehead atoms. The number of ether oxygens (including phenoxy) is 2. The molecule has 118 valence electrons. The molecule has 0 unspecified atom stereocenters. The van der Waals surface area contributed by atoms with Gasteiger partial charge in [0.2, 0.25) is 0 Å². The van der Waals surface area contributed by atoms with Crippen LogP contribution in [0, 0.1) is 0 Å². The number of phenolic OH excluding ortho intramolecular Hbond substituents is 1. The van der Waals surface area contributed by atoms with Crippen LogP contribution < -0.4 is 20.1 Å². The third kappa shape index (κ3) is 3.52. The first-order valence-corrected chi connectivity index (χ1v) is 6.89. The van der Waals surface area contributed by atoms with Crippen LogP contribution in [0.5, 0.6) is 17.2 Å². The van der Waals surface area contributed by atoms with Gasteiger partial charge in [0.25, 0.3) is 11.8 Å². The Hall–Kier alpha value is -3.22. The molecule has 0 radical (unpaired) electrons. The number of rotatable bonds is 0. The lowest BCUT2D eigenvalue weighted by Crippen LogP contribution is -2.25. The molecule has 2 heterocycles. The summed E-state index contributed by atoms with van der Waals surface area (Å²) in [7, 11) is 0. The fourth-order valence-corrected chi connectivity index (χ4v) is 2.10. The number of aromatic hydroxyl groups is 1. The van der Waals surface area contributed by atoms with Crippen molar-refractivity contribution >= 4 is 23.2 Å². The molecule has 23 heavy (non-hydrogen) atoms. The van der Waals surface area contributed by atoms with E-state index in [1.165, 1.54) is 12.1 Å². The van der Waals surface area contributed by atoms with Crippen LogP contribution in [0.2, 0.25) is 0 Å². The maximum atomic E-state index is 10.8. The van der Waals surface area contributed by atoms with Crippen molar-refractivity contribution in [2.45, 2.75) is 0 Å². The zero-order chi connectivity index (χ0) is 16.2. The Morgan fingerprint density at radius 3 is 2.17 bits per heavy atom. The van der Waals surface area contributed by atoms with Crippen LogP contribution in [-0.2, 0) is 9.59 Å². The van der Waals surface area contributed by atoms with Gasteiger partial charge in [0.1, 0.15) is 17.2 Å². The van der Waals surface area contributed by atoms with Gasteiger partial charge >= 0.3 is 0 Å². The highest BCUT2D eigenvalue weighted by molar-refractivity contribution is 5.96. The van der Waals surface area contributed by atoms with E-state index in [-0.39, 0.29) is 30.8 Å². The monoisotopic (exact) mass is 314 g/mol. The summed E-state index contributed by atoms with van der Waals surface area (Å²) in [6.07, 6.45) is 0.